The van der Waals surface area contributed by atoms with Gasteiger partial charge in [-0.15, -0.1) is 0 Å². The molecule has 1 amide bonds. The number of amides is 1. The zero-order valence-electron chi connectivity index (χ0n) is 8.75. The van der Waals surface area contributed by atoms with Gasteiger partial charge in [0.2, 0.25) is 11.8 Å². The Kier molecular flexibility index (Phi) is 3.01. The quantitative estimate of drug-likeness (QED) is 0.776. The third kappa shape index (κ3) is 2.79. The number of rotatable bonds is 3. The van der Waals surface area contributed by atoms with Crippen molar-refractivity contribution in [2.45, 2.75) is 19.8 Å². The molecule has 1 fully saturated rings. The maximum atomic E-state index is 11.6. The molecule has 1 unspecified atom stereocenters. The van der Waals surface area contributed by atoms with Gasteiger partial charge >= 0.3 is 0 Å². The Bertz CT molecular complexity index is 342. The van der Waals surface area contributed by atoms with Crippen molar-refractivity contribution in [3.8, 4) is 0 Å². The Balaban J connectivity index is 1.81. The molecule has 0 aromatic carbocycles. The molecule has 1 aromatic rings. The second-order valence-corrected chi connectivity index (χ2v) is 3.94. The molecule has 2 rings (SSSR count). The minimum Gasteiger partial charge on any atom is -0.338 e. The molecule has 2 heterocycles. The first-order valence-electron chi connectivity index (χ1n) is 5.18. The van der Waals surface area contributed by atoms with Crippen molar-refractivity contribution in [3.05, 3.63) is 11.8 Å². The van der Waals surface area contributed by atoms with Crippen LogP contribution >= 0.6 is 0 Å². The van der Waals surface area contributed by atoms with E-state index in [4.69, 9.17) is 4.52 Å². The molecule has 1 aliphatic heterocycles. The molecule has 0 bridgehead atoms. The predicted molar refractivity (Wildman–Crippen MR) is 55.5 cm³/mol. The van der Waals surface area contributed by atoms with Crippen molar-refractivity contribution < 1.29 is 9.32 Å². The Morgan fingerprint density at radius 1 is 1.80 bits per heavy atom. The normalized spacial score (nSPS) is 20.5. The molecule has 0 aliphatic carbocycles. The number of aryl methyl sites for hydroxylation is 1. The largest absolute Gasteiger partial charge is 0.338 e. The highest BCUT2D eigenvalue weighted by molar-refractivity contribution is 5.89. The zero-order chi connectivity index (χ0) is 10.7. The third-order valence-corrected chi connectivity index (χ3v) is 2.53. The van der Waals surface area contributed by atoms with Crippen LogP contribution in [0.4, 0.5) is 5.88 Å². The second kappa shape index (κ2) is 4.44. The molecule has 2 N–H and O–H groups in total. The van der Waals surface area contributed by atoms with Crippen LogP contribution in [0.3, 0.4) is 0 Å². The lowest BCUT2D eigenvalue weighted by Crippen LogP contribution is -2.18. The van der Waals surface area contributed by atoms with E-state index < -0.39 is 0 Å². The first-order valence-corrected chi connectivity index (χ1v) is 5.18. The van der Waals surface area contributed by atoms with Crippen LogP contribution < -0.4 is 10.6 Å². The minimum absolute atomic E-state index is 0.000139. The Labute approximate surface area is 88.2 Å². The summed E-state index contributed by atoms with van der Waals surface area (Å²) in [5.41, 5.74) is 0.771. The van der Waals surface area contributed by atoms with E-state index in [9.17, 15) is 4.79 Å². The fraction of sp³-hybridized carbons (Fsp3) is 0.600. The molecule has 0 saturated carbocycles. The molecule has 0 radical (unpaired) electrons. The monoisotopic (exact) mass is 209 g/mol. The van der Waals surface area contributed by atoms with Crippen molar-refractivity contribution in [1.82, 2.24) is 10.5 Å². The third-order valence-electron chi connectivity index (χ3n) is 2.53. The van der Waals surface area contributed by atoms with Crippen LogP contribution in [0.25, 0.3) is 0 Å². The van der Waals surface area contributed by atoms with Gasteiger partial charge in [0.15, 0.2) is 0 Å². The lowest BCUT2D eigenvalue weighted by molar-refractivity contribution is -0.117. The van der Waals surface area contributed by atoms with Crippen molar-refractivity contribution in [2.24, 2.45) is 5.92 Å². The number of carbonyl (C=O) groups excluding carboxylic acids is 1. The molecule has 1 aliphatic rings. The van der Waals surface area contributed by atoms with Gasteiger partial charge in [0.1, 0.15) is 0 Å². The molecule has 1 saturated heterocycles. The van der Waals surface area contributed by atoms with Crippen molar-refractivity contribution >= 4 is 11.8 Å². The predicted octanol–water partition coefficient (Wildman–Crippen LogP) is 0.921. The molecular formula is C10H15N3O2. The number of nitrogens with one attached hydrogen (secondary N) is 2. The first kappa shape index (κ1) is 10.2. The van der Waals surface area contributed by atoms with Crippen molar-refractivity contribution in [2.75, 3.05) is 18.4 Å². The molecule has 1 aromatic heterocycles. The van der Waals surface area contributed by atoms with Gasteiger partial charge in [0, 0.05) is 12.5 Å². The number of carbonyl (C=O) groups is 1. The number of hydrogen-bond acceptors (Lipinski definition) is 4. The summed E-state index contributed by atoms with van der Waals surface area (Å²) < 4.78 is 4.90. The maximum absolute atomic E-state index is 11.6. The zero-order valence-corrected chi connectivity index (χ0v) is 8.75. The first-order chi connectivity index (χ1) is 7.24. The summed E-state index contributed by atoms with van der Waals surface area (Å²) in [4.78, 5) is 11.6. The number of nitrogens with zero attached hydrogens (tertiary/aromatic N) is 1. The highest BCUT2D eigenvalue weighted by Crippen LogP contribution is 2.14. The number of aromatic nitrogens is 1. The summed E-state index contributed by atoms with van der Waals surface area (Å²) in [5.74, 6) is 0.886. The van der Waals surface area contributed by atoms with Crippen molar-refractivity contribution in [1.29, 1.82) is 0 Å². The topological polar surface area (TPSA) is 67.2 Å². The second-order valence-electron chi connectivity index (χ2n) is 3.94. The average Bonchev–Trinajstić information content (AvgIpc) is 2.77. The van der Waals surface area contributed by atoms with Gasteiger partial charge in [0.05, 0.1) is 5.69 Å². The summed E-state index contributed by atoms with van der Waals surface area (Å²) >= 11 is 0. The highest BCUT2D eigenvalue weighted by Gasteiger charge is 2.18. The lowest BCUT2D eigenvalue weighted by atomic mass is 10.0. The Hall–Kier alpha value is -1.36. The van der Waals surface area contributed by atoms with E-state index in [2.05, 4.69) is 15.8 Å². The molecule has 5 nitrogen and oxygen atoms in total. The average molecular weight is 209 g/mol. The Morgan fingerprint density at radius 3 is 3.27 bits per heavy atom. The van der Waals surface area contributed by atoms with Crippen LogP contribution in [0.1, 0.15) is 18.5 Å². The maximum Gasteiger partial charge on any atom is 0.231 e. The van der Waals surface area contributed by atoms with Gasteiger partial charge in [0.25, 0.3) is 0 Å². The van der Waals surface area contributed by atoms with Crippen LogP contribution in [0.5, 0.6) is 0 Å². The van der Waals surface area contributed by atoms with Gasteiger partial charge in [-0.1, -0.05) is 5.16 Å². The molecule has 5 heteroatoms. The van der Waals surface area contributed by atoms with Crippen molar-refractivity contribution in [3.63, 3.8) is 0 Å². The fourth-order valence-electron chi connectivity index (χ4n) is 1.76. The SMILES string of the molecule is Cc1cc(NC(=O)CC2CCNC2)on1. The van der Waals surface area contributed by atoms with Crippen LogP contribution in [0.15, 0.2) is 10.6 Å². The van der Waals surface area contributed by atoms with Gasteiger partial charge in [-0.25, -0.2) is 0 Å². The molecule has 15 heavy (non-hydrogen) atoms. The van der Waals surface area contributed by atoms with E-state index >= 15 is 0 Å². The van der Waals surface area contributed by atoms with E-state index in [1.165, 1.54) is 0 Å². The molecule has 82 valence electrons. The number of hydrogen-bond donors (Lipinski definition) is 2. The van der Waals surface area contributed by atoms with Gasteiger partial charge in [-0.05, 0) is 32.4 Å². The standard InChI is InChI=1S/C10H15N3O2/c1-7-4-10(15-13-7)12-9(14)5-8-2-3-11-6-8/h4,8,11H,2-3,5-6H2,1H3,(H,12,14). The summed E-state index contributed by atoms with van der Waals surface area (Å²) in [6, 6.07) is 1.71. The van der Waals surface area contributed by atoms with Gasteiger partial charge in [-0.3, -0.25) is 10.1 Å². The molecular weight excluding hydrogens is 194 g/mol. The number of anilines is 1. The van der Waals surface area contributed by atoms with E-state index in [0.29, 0.717) is 18.2 Å². The van der Waals surface area contributed by atoms with E-state index in [1.54, 1.807) is 6.07 Å². The molecule has 0 spiro atoms. The van der Waals surface area contributed by atoms with Crippen LogP contribution in [0, 0.1) is 12.8 Å². The summed E-state index contributed by atoms with van der Waals surface area (Å²) in [6.07, 6.45) is 1.62. The van der Waals surface area contributed by atoms with Crippen LogP contribution in [0.2, 0.25) is 0 Å². The Morgan fingerprint density at radius 2 is 2.67 bits per heavy atom. The lowest BCUT2D eigenvalue weighted by Gasteiger charge is -2.06. The molecule has 1 atom stereocenters. The van der Waals surface area contributed by atoms with E-state index in [0.717, 1.165) is 25.2 Å². The summed E-state index contributed by atoms with van der Waals surface area (Å²) in [6.45, 7) is 3.77. The fourth-order valence-corrected chi connectivity index (χ4v) is 1.76. The van der Waals surface area contributed by atoms with Gasteiger partial charge in [-0.2, -0.15) is 0 Å². The van der Waals surface area contributed by atoms with Gasteiger partial charge < -0.3 is 9.84 Å². The smallest absolute Gasteiger partial charge is 0.231 e. The minimum atomic E-state index is -0.000139. The van der Waals surface area contributed by atoms with Crippen LogP contribution in [-0.2, 0) is 4.79 Å². The summed E-state index contributed by atoms with van der Waals surface area (Å²) in [7, 11) is 0. The summed E-state index contributed by atoms with van der Waals surface area (Å²) in [5, 5.41) is 9.62. The van der Waals surface area contributed by atoms with E-state index in [-0.39, 0.29) is 5.91 Å². The highest BCUT2D eigenvalue weighted by atomic mass is 16.5. The van der Waals surface area contributed by atoms with E-state index in [1.807, 2.05) is 6.92 Å². The van der Waals surface area contributed by atoms with Crippen LogP contribution in [-0.4, -0.2) is 24.2 Å².